The first-order valence-corrected chi connectivity index (χ1v) is 8.65. The molecule has 0 aliphatic carbocycles. The first kappa shape index (κ1) is 17.8. The van der Waals surface area contributed by atoms with Crippen LogP contribution in [-0.2, 0) is 4.79 Å². The molecule has 0 aromatic heterocycles. The summed E-state index contributed by atoms with van der Waals surface area (Å²) in [6, 6.07) is 25.3. The number of benzene rings is 3. The first-order valence-electron chi connectivity index (χ1n) is 8.65. The average Bonchev–Trinajstić information content (AvgIpc) is 2.69. The Morgan fingerprint density at radius 1 is 0.846 bits per heavy atom. The Morgan fingerprint density at radius 3 is 1.96 bits per heavy atom. The third-order valence-electron chi connectivity index (χ3n) is 4.36. The Hall–Kier alpha value is -2.98. The third-order valence-corrected chi connectivity index (χ3v) is 4.36. The van der Waals surface area contributed by atoms with Crippen LogP contribution in [0.1, 0.15) is 30.1 Å². The minimum absolute atomic E-state index is 0.111. The van der Waals surface area contributed by atoms with Crippen molar-refractivity contribution >= 4 is 11.6 Å². The van der Waals surface area contributed by atoms with Gasteiger partial charge in [0.25, 0.3) is 5.91 Å². The molecule has 1 amide bonds. The molecule has 3 N–H and O–H groups in total. The van der Waals surface area contributed by atoms with E-state index in [2.05, 4.69) is 24.4 Å². The van der Waals surface area contributed by atoms with Crippen molar-refractivity contribution in [2.45, 2.75) is 19.0 Å². The maximum absolute atomic E-state index is 13.1. The molecule has 2 atom stereocenters. The second-order valence-electron chi connectivity index (χ2n) is 6.28. The van der Waals surface area contributed by atoms with E-state index in [1.165, 1.54) is 12.1 Å². The Kier molecular flexibility index (Phi) is 5.77. The maximum atomic E-state index is 13.1. The fourth-order valence-electron chi connectivity index (χ4n) is 2.92. The molecule has 0 unspecified atom stereocenters. The van der Waals surface area contributed by atoms with Crippen molar-refractivity contribution in [2.24, 2.45) is 0 Å². The van der Waals surface area contributed by atoms with Crippen LogP contribution in [0.25, 0.3) is 0 Å². The number of halogens is 1. The molecule has 3 nitrogen and oxygen atoms in total. The fourth-order valence-corrected chi connectivity index (χ4v) is 2.92. The zero-order valence-electron chi connectivity index (χ0n) is 14.6. The molecular weight excluding hydrogens is 327 g/mol. The average molecular weight is 349 g/mol. The molecule has 3 aromatic rings. The van der Waals surface area contributed by atoms with E-state index in [0.717, 1.165) is 11.1 Å². The van der Waals surface area contributed by atoms with E-state index in [0.29, 0.717) is 5.69 Å². The van der Waals surface area contributed by atoms with Crippen LogP contribution in [0.15, 0.2) is 84.9 Å². The van der Waals surface area contributed by atoms with Gasteiger partial charge in [-0.25, -0.2) is 4.39 Å². The van der Waals surface area contributed by atoms with Gasteiger partial charge in [0.2, 0.25) is 0 Å². The summed E-state index contributed by atoms with van der Waals surface area (Å²) < 4.78 is 13.1. The molecule has 0 heterocycles. The van der Waals surface area contributed by atoms with Gasteiger partial charge in [-0.3, -0.25) is 4.79 Å². The summed E-state index contributed by atoms with van der Waals surface area (Å²) in [5, 5.41) is 4.93. The number of carbonyl (C=O) groups excluding carboxylic acids is 1. The molecule has 26 heavy (non-hydrogen) atoms. The Labute approximate surface area is 152 Å². The highest BCUT2D eigenvalue weighted by molar-refractivity contribution is 5.94. The fraction of sp³-hybridized carbons (Fsp3) is 0.136. The van der Waals surface area contributed by atoms with Gasteiger partial charge in [0.05, 0.1) is 0 Å². The maximum Gasteiger partial charge on any atom is 0.287 e. The van der Waals surface area contributed by atoms with Gasteiger partial charge in [0.1, 0.15) is 11.9 Å². The van der Waals surface area contributed by atoms with E-state index in [1.807, 2.05) is 53.8 Å². The summed E-state index contributed by atoms with van der Waals surface area (Å²) in [5.74, 6) is -0.461. The SMILES string of the molecule is C[C@@H]([NH2+][C@H](C(=O)Nc1ccc(F)cc1)c1ccccc1)c1ccccc1. The van der Waals surface area contributed by atoms with Crippen molar-refractivity contribution in [3.63, 3.8) is 0 Å². The van der Waals surface area contributed by atoms with E-state index < -0.39 is 6.04 Å². The van der Waals surface area contributed by atoms with Crippen molar-refractivity contribution in [3.05, 3.63) is 102 Å². The number of rotatable bonds is 6. The molecule has 4 heteroatoms. The van der Waals surface area contributed by atoms with Gasteiger partial charge < -0.3 is 10.6 Å². The van der Waals surface area contributed by atoms with Gasteiger partial charge in [-0.2, -0.15) is 0 Å². The van der Waals surface area contributed by atoms with E-state index in [4.69, 9.17) is 0 Å². The van der Waals surface area contributed by atoms with E-state index in [9.17, 15) is 9.18 Å². The number of anilines is 1. The molecule has 0 spiro atoms. The second kappa shape index (κ2) is 8.41. The monoisotopic (exact) mass is 349 g/mol. The minimum atomic E-state index is -0.406. The molecule has 0 aliphatic rings. The zero-order valence-corrected chi connectivity index (χ0v) is 14.6. The number of carbonyl (C=O) groups is 1. The zero-order chi connectivity index (χ0) is 18.4. The summed E-state index contributed by atoms with van der Waals surface area (Å²) in [6.07, 6.45) is 0. The summed E-state index contributed by atoms with van der Waals surface area (Å²) in [6.45, 7) is 2.08. The van der Waals surface area contributed by atoms with Crippen LogP contribution in [0.2, 0.25) is 0 Å². The van der Waals surface area contributed by atoms with Crippen LogP contribution >= 0.6 is 0 Å². The van der Waals surface area contributed by atoms with Gasteiger partial charge in [-0.15, -0.1) is 0 Å². The van der Waals surface area contributed by atoms with Crippen LogP contribution in [0.3, 0.4) is 0 Å². The van der Waals surface area contributed by atoms with Crippen LogP contribution in [0.5, 0.6) is 0 Å². The normalized spacial score (nSPS) is 13.0. The predicted octanol–water partition coefficient (Wildman–Crippen LogP) is 3.83. The lowest BCUT2D eigenvalue weighted by Gasteiger charge is -2.20. The molecule has 0 fully saturated rings. The highest BCUT2D eigenvalue weighted by atomic mass is 19.1. The smallest absolute Gasteiger partial charge is 0.287 e. The summed E-state index contributed by atoms with van der Waals surface area (Å²) in [7, 11) is 0. The van der Waals surface area contributed by atoms with Gasteiger partial charge >= 0.3 is 0 Å². The van der Waals surface area contributed by atoms with E-state index >= 15 is 0 Å². The van der Waals surface area contributed by atoms with Crippen LogP contribution in [0.4, 0.5) is 10.1 Å². The lowest BCUT2D eigenvalue weighted by Crippen LogP contribution is -2.87. The summed E-state index contributed by atoms with van der Waals surface area (Å²) in [4.78, 5) is 12.9. The molecule has 0 bridgehead atoms. The van der Waals surface area contributed by atoms with E-state index in [-0.39, 0.29) is 17.8 Å². The molecule has 0 saturated carbocycles. The van der Waals surface area contributed by atoms with Crippen molar-refractivity contribution in [1.29, 1.82) is 0 Å². The van der Waals surface area contributed by atoms with Gasteiger partial charge in [0, 0.05) is 16.8 Å². The van der Waals surface area contributed by atoms with Crippen molar-refractivity contribution in [2.75, 3.05) is 5.32 Å². The van der Waals surface area contributed by atoms with Gasteiger partial charge in [0.15, 0.2) is 6.04 Å². The van der Waals surface area contributed by atoms with Crippen molar-refractivity contribution < 1.29 is 14.5 Å². The molecule has 0 radical (unpaired) electrons. The molecule has 3 aromatic carbocycles. The Balaban J connectivity index is 1.81. The largest absolute Gasteiger partial charge is 0.326 e. The number of hydrogen-bond acceptors (Lipinski definition) is 1. The first-order chi connectivity index (χ1) is 12.6. The molecule has 0 aliphatic heterocycles. The van der Waals surface area contributed by atoms with E-state index in [1.54, 1.807) is 12.1 Å². The number of nitrogens with two attached hydrogens (primary N) is 1. The Bertz CT molecular complexity index is 835. The predicted molar refractivity (Wildman–Crippen MR) is 101 cm³/mol. The molecule has 0 saturated heterocycles. The third kappa shape index (κ3) is 4.55. The number of amides is 1. The Morgan fingerprint density at radius 2 is 1.38 bits per heavy atom. The van der Waals surface area contributed by atoms with Crippen LogP contribution in [0, 0.1) is 5.82 Å². The highest BCUT2D eigenvalue weighted by Gasteiger charge is 2.27. The quantitative estimate of drug-likeness (QED) is 0.698. The number of quaternary nitrogens is 1. The topological polar surface area (TPSA) is 45.7 Å². The molecular formula is C22H22FN2O+. The van der Waals surface area contributed by atoms with Gasteiger partial charge in [-0.05, 0) is 31.2 Å². The molecule has 3 rings (SSSR count). The number of hydrogen-bond donors (Lipinski definition) is 2. The molecule has 132 valence electrons. The summed E-state index contributed by atoms with van der Waals surface area (Å²) in [5.41, 5.74) is 2.66. The van der Waals surface area contributed by atoms with Crippen molar-refractivity contribution in [3.8, 4) is 0 Å². The standard InChI is InChI=1S/C22H21FN2O/c1-16(17-8-4-2-5-9-17)24-21(18-10-6-3-7-11-18)22(26)25-20-14-12-19(23)13-15-20/h2-16,21,24H,1H3,(H,25,26)/p+1/t16-,21+/m1/s1. The van der Waals surface area contributed by atoms with Crippen molar-refractivity contribution in [1.82, 2.24) is 0 Å². The van der Waals surface area contributed by atoms with Gasteiger partial charge in [-0.1, -0.05) is 60.7 Å². The minimum Gasteiger partial charge on any atom is -0.326 e. The van der Waals surface area contributed by atoms with Crippen LogP contribution < -0.4 is 10.6 Å². The lowest BCUT2D eigenvalue weighted by atomic mass is 10.0. The van der Waals surface area contributed by atoms with Crippen LogP contribution in [-0.4, -0.2) is 5.91 Å². The highest BCUT2D eigenvalue weighted by Crippen LogP contribution is 2.16. The second-order valence-corrected chi connectivity index (χ2v) is 6.28. The number of nitrogens with one attached hydrogen (secondary N) is 1. The summed E-state index contributed by atoms with van der Waals surface area (Å²) >= 11 is 0. The lowest BCUT2D eigenvalue weighted by molar-refractivity contribution is -0.718.